The maximum absolute atomic E-state index is 12.6. The normalized spacial score (nSPS) is 17.2. The molecule has 0 radical (unpaired) electrons. The number of hydrogen-bond donors (Lipinski definition) is 1. The topological polar surface area (TPSA) is 94.4 Å². The molecule has 4 rings (SSSR count). The zero-order chi connectivity index (χ0) is 22.7. The quantitative estimate of drug-likeness (QED) is 0.662. The van der Waals surface area contributed by atoms with Crippen LogP contribution in [0.15, 0.2) is 63.5 Å². The molecule has 0 spiro atoms. The average Bonchev–Trinajstić information content (AvgIpc) is 3.29. The van der Waals surface area contributed by atoms with Gasteiger partial charge in [-0.25, -0.2) is 18.4 Å². The van der Waals surface area contributed by atoms with Crippen molar-refractivity contribution < 1.29 is 13.2 Å². The molecular weight excluding hydrogens is 446 g/mol. The van der Waals surface area contributed by atoms with Crippen molar-refractivity contribution in [2.24, 2.45) is 10.1 Å². The minimum atomic E-state index is -3.52. The first kappa shape index (κ1) is 22.5. The third-order valence-corrected chi connectivity index (χ3v) is 8.36. The molecule has 0 aromatic heterocycles. The van der Waals surface area contributed by atoms with E-state index in [0.717, 1.165) is 17.7 Å². The molecule has 2 aromatic carbocycles. The number of amides is 1. The van der Waals surface area contributed by atoms with E-state index in [-0.39, 0.29) is 22.6 Å². The minimum Gasteiger partial charge on any atom is -0.325 e. The van der Waals surface area contributed by atoms with Crippen LogP contribution in [0.3, 0.4) is 0 Å². The Morgan fingerprint density at radius 1 is 1.16 bits per heavy atom. The lowest BCUT2D eigenvalue weighted by atomic mass is 10.0. The summed E-state index contributed by atoms with van der Waals surface area (Å²) in [6.45, 7) is 4.42. The van der Waals surface area contributed by atoms with Crippen molar-refractivity contribution in [1.82, 2.24) is 9.31 Å². The van der Waals surface area contributed by atoms with E-state index in [2.05, 4.69) is 21.5 Å². The molecule has 1 atom stereocenters. The fraction of sp³-hybridized carbons (Fsp3) is 0.318. The summed E-state index contributed by atoms with van der Waals surface area (Å²) in [6.07, 6.45) is 2.68. The van der Waals surface area contributed by atoms with Gasteiger partial charge in [0.25, 0.3) is 0 Å². The van der Waals surface area contributed by atoms with Crippen molar-refractivity contribution >= 4 is 50.4 Å². The summed E-state index contributed by atoms with van der Waals surface area (Å²) in [5.41, 5.74) is 2.59. The monoisotopic (exact) mass is 471 g/mol. The highest BCUT2D eigenvalue weighted by atomic mass is 32.2. The second kappa shape index (κ2) is 9.43. The molecule has 0 aliphatic carbocycles. The number of para-hydroxylation sites is 1. The van der Waals surface area contributed by atoms with Gasteiger partial charge in [-0.3, -0.25) is 4.79 Å². The first-order chi connectivity index (χ1) is 15.4. The van der Waals surface area contributed by atoms with Gasteiger partial charge in [0.2, 0.25) is 15.9 Å². The number of nitrogens with zero attached hydrogens (tertiary/aromatic N) is 4. The zero-order valence-electron chi connectivity index (χ0n) is 17.9. The molecule has 2 aromatic rings. The third kappa shape index (κ3) is 4.43. The van der Waals surface area contributed by atoms with Crippen LogP contribution in [0.5, 0.6) is 0 Å². The Morgan fingerprint density at radius 3 is 2.59 bits per heavy atom. The van der Waals surface area contributed by atoms with Crippen LogP contribution in [-0.4, -0.2) is 53.9 Å². The smallest absolute Gasteiger partial charge is 0.243 e. The maximum atomic E-state index is 12.6. The van der Waals surface area contributed by atoms with E-state index in [4.69, 9.17) is 0 Å². The van der Waals surface area contributed by atoms with Crippen LogP contribution in [-0.2, 0) is 14.8 Å². The molecule has 1 N–H and O–H groups in total. The van der Waals surface area contributed by atoms with Crippen LogP contribution < -0.4 is 5.32 Å². The van der Waals surface area contributed by atoms with Crippen LogP contribution in [0.25, 0.3) is 0 Å². The Balaban J connectivity index is 1.40. The van der Waals surface area contributed by atoms with Gasteiger partial charge in [0.1, 0.15) is 0 Å². The van der Waals surface area contributed by atoms with Crippen LogP contribution >= 0.6 is 11.8 Å². The predicted molar refractivity (Wildman–Crippen MR) is 129 cm³/mol. The SMILES string of the molecule is CCN(CC)S(=O)(=O)c1ccc(NC(=O)CSC2=Nc3ccccc3[C@H]3CC=NN23)cc1. The molecule has 0 fully saturated rings. The molecule has 2 aliphatic heterocycles. The molecule has 10 heteroatoms. The fourth-order valence-electron chi connectivity index (χ4n) is 3.73. The summed E-state index contributed by atoms with van der Waals surface area (Å²) in [5.74, 6) is -0.0326. The molecule has 1 amide bonds. The molecule has 0 bridgehead atoms. The van der Waals surface area contributed by atoms with Gasteiger partial charge in [-0.15, -0.1) is 0 Å². The molecule has 8 nitrogen and oxygen atoms in total. The number of fused-ring (bicyclic) bond motifs is 3. The second-order valence-electron chi connectivity index (χ2n) is 7.30. The number of hydrogen-bond acceptors (Lipinski definition) is 7. The Kier molecular flexibility index (Phi) is 6.63. The predicted octanol–water partition coefficient (Wildman–Crippen LogP) is 3.82. The number of carbonyl (C=O) groups is 1. The number of nitrogens with one attached hydrogen (secondary N) is 1. The summed E-state index contributed by atoms with van der Waals surface area (Å²) in [5, 5.41) is 9.80. The highest BCUT2D eigenvalue weighted by Crippen LogP contribution is 2.40. The lowest BCUT2D eigenvalue weighted by molar-refractivity contribution is -0.113. The van der Waals surface area contributed by atoms with Crippen molar-refractivity contribution in [3.05, 3.63) is 54.1 Å². The average molecular weight is 472 g/mol. The Morgan fingerprint density at radius 2 is 1.88 bits per heavy atom. The number of carbonyl (C=O) groups excluding carboxylic acids is 1. The number of sulfonamides is 1. The van der Waals surface area contributed by atoms with Gasteiger partial charge in [0.15, 0.2) is 5.17 Å². The lowest BCUT2D eigenvalue weighted by Gasteiger charge is -2.29. The van der Waals surface area contributed by atoms with Crippen molar-refractivity contribution in [3.8, 4) is 0 Å². The van der Waals surface area contributed by atoms with E-state index < -0.39 is 10.0 Å². The maximum Gasteiger partial charge on any atom is 0.243 e. The second-order valence-corrected chi connectivity index (χ2v) is 10.2. The van der Waals surface area contributed by atoms with E-state index in [0.29, 0.717) is 23.9 Å². The standard InChI is InChI=1S/C22H25N5O3S2/c1-3-26(4-2)32(29,30)17-11-9-16(10-12-17)24-21(28)15-31-22-25-19-8-6-5-7-18(19)20-13-14-23-27(20)22/h5-12,14,20H,3-4,13,15H2,1-2H3,(H,24,28)/t20-/m1/s1. The number of thioether (sulfide) groups is 1. The summed E-state index contributed by atoms with van der Waals surface area (Å²) in [7, 11) is -3.52. The summed E-state index contributed by atoms with van der Waals surface area (Å²) in [6, 6.07) is 14.3. The highest BCUT2D eigenvalue weighted by molar-refractivity contribution is 8.14. The van der Waals surface area contributed by atoms with Crippen molar-refractivity contribution in [2.75, 3.05) is 24.2 Å². The van der Waals surface area contributed by atoms with Crippen molar-refractivity contribution in [3.63, 3.8) is 0 Å². The molecule has 168 valence electrons. The van der Waals surface area contributed by atoms with Crippen molar-refractivity contribution in [2.45, 2.75) is 31.2 Å². The van der Waals surface area contributed by atoms with Gasteiger partial charge < -0.3 is 5.32 Å². The molecular formula is C22H25N5O3S2. The third-order valence-electron chi connectivity index (χ3n) is 5.35. The minimum absolute atomic E-state index is 0.120. The molecule has 2 heterocycles. The Labute approximate surface area is 192 Å². The van der Waals surface area contributed by atoms with Gasteiger partial charge in [0.05, 0.1) is 22.4 Å². The molecule has 0 saturated carbocycles. The molecule has 0 unspecified atom stereocenters. The summed E-state index contributed by atoms with van der Waals surface area (Å²) < 4.78 is 26.6. The fourth-order valence-corrected chi connectivity index (χ4v) is 5.99. The number of anilines is 1. The number of rotatable bonds is 7. The highest BCUT2D eigenvalue weighted by Gasteiger charge is 2.32. The lowest BCUT2D eigenvalue weighted by Crippen LogP contribution is -2.30. The Bertz CT molecular complexity index is 1160. The Hall–Kier alpha value is -2.69. The van der Waals surface area contributed by atoms with Crippen LogP contribution in [0, 0.1) is 0 Å². The molecule has 2 aliphatic rings. The number of hydrazone groups is 1. The number of amidine groups is 1. The summed E-state index contributed by atoms with van der Waals surface area (Å²) >= 11 is 1.33. The van der Waals surface area contributed by atoms with Gasteiger partial charge in [0, 0.05) is 37.0 Å². The van der Waals surface area contributed by atoms with Gasteiger partial charge in [-0.2, -0.15) is 9.41 Å². The van der Waals surface area contributed by atoms with Crippen LogP contribution in [0.1, 0.15) is 31.9 Å². The van der Waals surface area contributed by atoms with E-state index in [1.165, 1.54) is 28.2 Å². The molecule has 32 heavy (non-hydrogen) atoms. The van der Waals surface area contributed by atoms with Gasteiger partial charge in [-0.1, -0.05) is 43.8 Å². The van der Waals surface area contributed by atoms with E-state index in [1.807, 2.05) is 29.4 Å². The first-order valence-corrected chi connectivity index (χ1v) is 12.9. The number of benzene rings is 2. The molecule has 0 saturated heterocycles. The largest absolute Gasteiger partial charge is 0.325 e. The van der Waals surface area contributed by atoms with Gasteiger partial charge >= 0.3 is 0 Å². The zero-order valence-corrected chi connectivity index (χ0v) is 19.6. The van der Waals surface area contributed by atoms with E-state index in [9.17, 15) is 13.2 Å². The van der Waals surface area contributed by atoms with Crippen LogP contribution in [0.4, 0.5) is 11.4 Å². The van der Waals surface area contributed by atoms with Gasteiger partial charge in [-0.05, 0) is 30.3 Å². The van der Waals surface area contributed by atoms with E-state index in [1.54, 1.807) is 26.0 Å². The summed E-state index contributed by atoms with van der Waals surface area (Å²) in [4.78, 5) is 17.4. The van der Waals surface area contributed by atoms with E-state index >= 15 is 0 Å². The first-order valence-electron chi connectivity index (χ1n) is 10.5. The van der Waals surface area contributed by atoms with Crippen molar-refractivity contribution in [1.29, 1.82) is 0 Å². The van der Waals surface area contributed by atoms with Crippen LogP contribution in [0.2, 0.25) is 0 Å². The number of aliphatic imine (C=N–C) groups is 1.